The third kappa shape index (κ3) is 7.20. The van der Waals surface area contributed by atoms with Crippen LogP contribution in [0.3, 0.4) is 0 Å². The molecule has 12 nitrogen and oxygen atoms in total. The van der Waals surface area contributed by atoms with Crippen LogP contribution < -0.4 is 10.6 Å². The van der Waals surface area contributed by atoms with E-state index in [1.54, 1.807) is 0 Å². The second kappa shape index (κ2) is 13.9. The Morgan fingerprint density at radius 2 is 1.74 bits per heavy atom. The summed E-state index contributed by atoms with van der Waals surface area (Å²) in [5, 5.41) is 21.3. The Kier molecular flexibility index (Phi) is 9.91. The van der Waals surface area contributed by atoms with E-state index < -0.39 is 72.1 Å². The predicted octanol–water partition coefficient (Wildman–Crippen LogP) is 7.68. The highest BCUT2D eigenvalue weighted by atomic mass is 35.5. The number of halogens is 8. The summed E-state index contributed by atoms with van der Waals surface area (Å²) in [6.45, 7) is 1.81. The molecule has 2 fully saturated rings. The van der Waals surface area contributed by atoms with Crippen LogP contribution in [0.5, 0.6) is 0 Å². The second-order valence-corrected chi connectivity index (χ2v) is 14.6. The van der Waals surface area contributed by atoms with Crippen LogP contribution in [0, 0.1) is 10.8 Å². The summed E-state index contributed by atoms with van der Waals surface area (Å²) in [7, 11) is 0. The van der Waals surface area contributed by atoms with E-state index in [-0.39, 0.29) is 41.2 Å². The molecule has 1 aliphatic heterocycles. The van der Waals surface area contributed by atoms with Crippen LogP contribution in [0.4, 0.5) is 35.5 Å². The minimum Gasteiger partial charge on any atom is -0.447 e. The predicted molar refractivity (Wildman–Crippen MR) is 179 cm³/mol. The molecule has 6 rings (SSSR count). The topological polar surface area (TPSA) is 143 Å². The van der Waals surface area contributed by atoms with E-state index in [9.17, 15) is 40.3 Å². The van der Waals surface area contributed by atoms with Crippen molar-refractivity contribution < 1.29 is 45.1 Å². The molecule has 1 saturated heterocycles. The van der Waals surface area contributed by atoms with Gasteiger partial charge in [0, 0.05) is 11.8 Å². The molecule has 3 N–H and O–H groups in total. The zero-order valence-electron chi connectivity index (χ0n) is 28.8. The van der Waals surface area contributed by atoms with Gasteiger partial charge in [0.1, 0.15) is 24.0 Å². The fourth-order valence-electron chi connectivity index (χ4n) is 6.55. The van der Waals surface area contributed by atoms with Crippen molar-refractivity contribution in [2.45, 2.75) is 76.3 Å². The lowest BCUT2D eigenvalue weighted by atomic mass is 9.75. The lowest BCUT2D eigenvalue weighted by molar-refractivity contribution is -0.164. The first kappa shape index (κ1) is 38.5. The van der Waals surface area contributed by atoms with Crippen molar-refractivity contribution in [3.63, 3.8) is 0 Å². The minimum absolute atomic E-state index is 0.0662. The van der Waals surface area contributed by atoms with E-state index >= 15 is 0 Å². The minimum atomic E-state index is -4.76. The first-order valence-corrected chi connectivity index (χ1v) is 16.8. The molecule has 3 heterocycles. The quantitative estimate of drug-likeness (QED) is 0.133. The first-order chi connectivity index (χ1) is 25.3. The van der Waals surface area contributed by atoms with Crippen LogP contribution in [0.25, 0.3) is 16.9 Å². The Morgan fingerprint density at radius 3 is 2.33 bits per heavy atom. The van der Waals surface area contributed by atoms with Crippen LogP contribution in [-0.2, 0) is 15.1 Å². The number of nitrogens with zero attached hydrogens (tertiary/aromatic N) is 6. The SMILES string of the molecule is CC(C)(C)C[C@]1(c2ccc(-c3ccnn3C(F)F)cc2)NC(=N)N([C@H](COC(=O)NC2(C(F)(F)F)CC2)c2ccc(Cl)c(-n3ncnc3C(F)F)c2)C1=O. The van der Waals surface area contributed by atoms with Crippen molar-refractivity contribution in [2.75, 3.05) is 6.61 Å². The van der Waals surface area contributed by atoms with Gasteiger partial charge in [0.2, 0.25) is 0 Å². The van der Waals surface area contributed by atoms with Gasteiger partial charge in [-0.15, -0.1) is 0 Å². The molecule has 4 aromatic rings. The van der Waals surface area contributed by atoms with Crippen LogP contribution >= 0.6 is 11.6 Å². The number of rotatable bonds is 11. The Bertz CT molecular complexity index is 2060. The number of ether oxygens (including phenoxy) is 1. The van der Waals surface area contributed by atoms with Crippen LogP contribution in [-0.4, -0.2) is 65.7 Å². The van der Waals surface area contributed by atoms with Gasteiger partial charge in [0.25, 0.3) is 12.3 Å². The molecule has 2 aromatic heterocycles. The highest BCUT2D eigenvalue weighted by molar-refractivity contribution is 6.32. The Balaban J connectivity index is 1.41. The fraction of sp³-hybridized carbons (Fsp3) is 0.412. The maximum Gasteiger partial charge on any atom is 0.411 e. The average molecular weight is 784 g/mol. The molecular formula is C34H33ClF7N9O3. The first-order valence-electron chi connectivity index (χ1n) is 16.4. The summed E-state index contributed by atoms with van der Waals surface area (Å²) in [5.74, 6) is -1.99. The average Bonchev–Trinajstić information content (AvgIpc) is 3.40. The van der Waals surface area contributed by atoms with Crippen molar-refractivity contribution in [3.8, 4) is 16.9 Å². The molecule has 1 saturated carbocycles. The summed E-state index contributed by atoms with van der Waals surface area (Å²) in [5.41, 5.74) is -3.97. The summed E-state index contributed by atoms with van der Waals surface area (Å²) >= 11 is 6.39. The normalized spacial score (nSPS) is 19.0. The van der Waals surface area contributed by atoms with E-state index in [1.807, 2.05) is 26.1 Å². The zero-order valence-corrected chi connectivity index (χ0v) is 29.5. The van der Waals surface area contributed by atoms with E-state index in [2.05, 4.69) is 20.5 Å². The number of carbonyl (C=O) groups excluding carboxylic acids is 2. The molecule has 0 bridgehead atoms. The Hall–Kier alpha value is -5.20. The molecule has 2 aliphatic rings. The number of amides is 2. The number of alkyl carbamates (subject to hydrolysis) is 1. The van der Waals surface area contributed by atoms with Gasteiger partial charge < -0.3 is 15.4 Å². The van der Waals surface area contributed by atoms with Gasteiger partial charge in [-0.3, -0.25) is 15.1 Å². The van der Waals surface area contributed by atoms with Gasteiger partial charge in [0.05, 0.1) is 22.4 Å². The summed E-state index contributed by atoms with van der Waals surface area (Å²) in [4.78, 5) is 32.2. The highest BCUT2D eigenvalue weighted by Crippen LogP contribution is 2.49. The Labute approximate surface area is 308 Å². The van der Waals surface area contributed by atoms with Crippen molar-refractivity contribution in [3.05, 3.63) is 83.0 Å². The molecule has 20 heteroatoms. The number of nitrogens with one attached hydrogen (secondary N) is 3. The third-order valence-electron chi connectivity index (χ3n) is 9.15. The molecule has 1 aliphatic carbocycles. The van der Waals surface area contributed by atoms with Gasteiger partial charge in [-0.25, -0.2) is 27.9 Å². The smallest absolute Gasteiger partial charge is 0.411 e. The summed E-state index contributed by atoms with van der Waals surface area (Å²) in [6.07, 6.45) is -7.84. The number of hydrogen-bond acceptors (Lipinski definition) is 7. The number of carbonyl (C=O) groups is 2. The van der Waals surface area contributed by atoms with Crippen LogP contribution in [0.1, 0.15) is 76.0 Å². The standard InChI is InChI=1S/C34H33ClF7N9O3/c1-31(2,3)16-33(20-7-4-18(5-8-20)22-10-13-45-51(22)28(38)39)27(52)49(29(43)47-33)24(15-54-30(53)48-32(11-12-32)34(40,41)42)19-6-9-21(35)23(14-19)50-26(25(36)37)44-17-46-50/h4-10,13-14,17,24-25,28H,11-12,15-16H2,1-3H3,(H2,43,47)(H,48,53)/t24-,33-/m1/s1. The number of aromatic nitrogens is 5. The molecule has 0 unspecified atom stereocenters. The maximum absolute atomic E-state index is 14.9. The number of hydrogen-bond donors (Lipinski definition) is 3. The largest absolute Gasteiger partial charge is 0.447 e. The molecule has 2 amide bonds. The Morgan fingerprint density at radius 1 is 1.06 bits per heavy atom. The molecule has 2 atom stereocenters. The van der Waals surface area contributed by atoms with Gasteiger partial charge in [-0.2, -0.15) is 32.1 Å². The lowest BCUT2D eigenvalue weighted by Crippen LogP contribution is -2.49. The maximum atomic E-state index is 14.9. The van der Waals surface area contributed by atoms with Crippen molar-refractivity contribution >= 4 is 29.6 Å². The number of alkyl halides is 7. The number of guanidine groups is 1. The van der Waals surface area contributed by atoms with Gasteiger partial charge >= 0.3 is 18.8 Å². The van der Waals surface area contributed by atoms with Crippen LogP contribution in [0.2, 0.25) is 5.02 Å². The third-order valence-corrected chi connectivity index (χ3v) is 9.47. The van der Waals surface area contributed by atoms with E-state index in [0.717, 1.165) is 15.9 Å². The van der Waals surface area contributed by atoms with Crippen molar-refractivity contribution in [1.29, 1.82) is 5.41 Å². The van der Waals surface area contributed by atoms with E-state index in [0.29, 0.717) is 15.8 Å². The molecular weight excluding hydrogens is 751 g/mol. The van der Waals surface area contributed by atoms with E-state index in [4.69, 9.17) is 21.7 Å². The molecule has 2 aromatic carbocycles. The molecule has 54 heavy (non-hydrogen) atoms. The summed E-state index contributed by atoms with van der Waals surface area (Å²) < 4.78 is 102. The van der Waals surface area contributed by atoms with Gasteiger partial charge in [-0.05, 0) is 54.0 Å². The van der Waals surface area contributed by atoms with Crippen molar-refractivity contribution in [1.82, 2.24) is 40.1 Å². The van der Waals surface area contributed by atoms with Crippen molar-refractivity contribution in [2.24, 2.45) is 5.41 Å². The summed E-state index contributed by atoms with van der Waals surface area (Å²) in [6, 6.07) is 10.00. The second-order valence-electron chi connectivity index (χ2n) is 14.2. The zero-order chi connectivity index (χ0) is 39.4. The lowest BCUT2D eigenvalue weighted by Gasteiger charge is -2.35. The molecule has 0 radical (unpaired) electrons. The van der Waals surface area contributed by atoms with Crippen LogP contribution in [0.15, 0.2) is 61.1 Å². The van der Waals surface area contributed by atoms with Gasteiger partial charge in [-0.1, -0.05) is 62.7 Å². The number of benzene rings is 2. The monoisotopic (exact) mass is 783 g/mol. The van der Waals surface area contributed by atoms with Gasteiger partial charge in [0.15, 0.2) is 11.8 Å². The fourth-order valence-corrected chi connectivity index (χ4v) is 6.75. The van der Waals surface area contributed by atoms with E-state index in [1.165, 1.54) is 54.7 Å². The molecule has 288 valence electrons. The highest BCUT2D eigenvalue weighted by Gasteiger charge is 2.64. The molecule has 0 spiro atoms.